The third-order valence-electron chi connectivity index (χ3n) is 4.17. The summed E-state index contributed by atoms with van der Waals surface area (Å²) in [6.07, 6.45) is 9.88. The second-order valence-corrected chi connectivity index (χ2v) is 8.59. The first-order valence-electron chi connectivity index (χ1n) is 7.37. The van der Waals surface area contributed by atoms with E-state index in [4.69, 9.17) is 0 Å². The number of piperidine rings is 1. The highest BCUT2D eigenvalue weighted by atomic mass is 32.2. The van der Waals surface area contributed by atoms with Crippen molar-refractivity contribution in [3.63, 3.8) is 0 Å². The Balaban J connectivity index is 1.88. The maximum Gasteiger partial charge on any atom is 0.213 e. The predicted molar refractivity (Wildman–Crippen MR) is 82.1 cm³/mol. The summed E-state index contributed by atoms with van der Waals surface area (Å²) in [7, 11) is -3.15. The van der Waals surface area contributed by atoms with Crippen LogP contribution in [0, 0.1) is 0 Å². The Morgan fingerprint density at radius 1 is 1.16 bits per heavy atom. The molecule has 0 aromatic rings. The number of hydrogen-bond acceptors (Lipinski definition) is 4. The van der Waals surface area contributed by atoms with Gasteiger partial charge in [0.05, 0.1) is 5.75 Å². The van der Waals surface area contributed by atoms with Crippen LogP contribution >= 0.6 is 11.8 Å². The summed E-state index contributed by atoms with van der Waals surface area (Å²) in [6.45, 7) is 0.955. The van der Waals surface area contributed by atoms with Crippen molar-refractivity contribution in [2.75, 3.05) is 18.6 Å². The summed E-state index contributed by atoms with van der Waals surface area (Å²) in [4.78, 5) is 0. The predicted octanol–water partition coefficient (Wildman–Crippen LogP) is 1.72. The average Bonchev–Trinajstić information content (AvgIpc) is 2.39. The standard InChI is InChI=1S/C13H26N2O2S2/c1-18-13-8-3-2-7-12(13)15-19(16,17)10-11-6-4-5-9-14-11/h11-15H,2-10H2,1H3. The van der Waals surface area contributed by atoms with Crippen LogP contribution in [-0.4, -0.2) is 44.3 Å². The molecule has 2 N–H and O–H groups in total. The van der Waals surface area contributed by atoms with Gasteiger partial charge in [0.25, 0.3) is 0 Å². The Morgan fingerprint density at radius 3 is 2.58 bits per heavy atom. The van der Waals surface area contributed by atoms with E-state index in [9.17, 15) is 8.42 Å². The van der Waals surface area contributed by atoms with Crippen LogP contribution < -0.4 is 10.0 Å². The lowest BCUT2D eigenvalue weighted by molar-refractivity contribution is 0.408. The second-order valence-electron chi connectivity index (χ2n) is 5.71. The van der Waals surface area contributed by atoms with E-state index < -0.39 is 10.0 Å². The third-order valence-corrected chi connectivity index (χ3v) is 6.84. The van der Waals surface area contributed by atoms with E-state index >= 15 is 0 Å². The van der Waals surface area contributed by atoms with Crippen LogP contribution in [0.25, 0.3) is 0 Å². The van der Waals surface area contributed by atoms with E-state index in [-0.39, 0.29) is 17.8 Å². The first-order chi connectivity index (χ1) is 9.11. The maximum absolute atomic E-state index is 12.3. The Hall–Kier alpha value is 0.220. The molecular formula is C13H26N2O2S2. The van der Waals surface area contributed by atoms with E-state index in [2.05, 4.69) is 16.3 Å². The summed E-state index contributed by atoms with van der Waals surface area (Å²) in [5.41, 5.74) is 0. The molecule has 3 unspecified atom stereocenters. The van der Waals surface area contributed by atoms with E-state index in [1.165, 1.54) is 12.8 Å². The number of sulfonamides is 1. The fourth-order valence-corrected chi connectivity index (χ4v) is 5.80. The SMILES string of the molecule is CSC1CCCCC1NS(=O)(=O)CC1CCCCN1. The molecule has 0 aromatic heterocycles. The van der Waals surface area contributed by atoms with Crippen LogP contribution in [0.3, 0.4) is 0 Å². The molecule has 0 amide bonds. The van der Waals surface area contributed by atoms with Crippen molar-refractivity contribution in [2.24, 2.45) is 0 Å². The van der Waals surface area contributed by atoms with Gasteiger partial charge in [-0.25, -0.2) is 13.1 Å². The molecule has 0 spiro atoms. The van der Waals surface area contributed by atoms with E-state index in [0.29, 0.717) is 5.25 Å². The number of nitrogens with one attached hydrogen (secondary N) is 2. The fourth-order valence-electron chi connectivity index (χ4n) is 3.12. The topological polar surface area (TPSA) is 58.2 Å². The van der Waals surface area contributed by atoms with Crippen molar-refractivity contribution in [3.8, 4) is 0 Å². The first-order valence-corrected chi connectivity index (χ1v) is 10.3. The van der Waals surface area contributed by atoms with Gasteiger partial charge >= 0.3 is 0 Å². The van der Waals surface area contributed by atoms with Crippen LogP contribution in [0.1, 0.15) is 44.9 Å². The van der Waals surface area contributed by atoms with Gasteiger partial charge in [0.15, 0.2) is 0 Å². The lowest BCUT2D eigenvalue weighted by atomic mass is 9.96. The zero-order chi connectivity index (χ0) is 13.7. The van der Waals surface area contributed by atoms with Crippen LogP contribution in [0.4, 0.5) is 0 Å². The fraction of sp³-hybridized carbons (Fsp3) is 1.00. The lowest BCUT2D eigenvalue weighted by Crippen LogP contribution is -2.48. The van der Waals surface area contributed by atoms with Crippen molar-refractivity contribution < 1.29 is 8.42 Å². The van der Waals surface area contributed by atoms with Gasteiger partial charge in [0.2, 0.25) is 10.0 Å². The van der Waals surface area contributed by atoms with Crippen molar-refractivity contribution in [1.82, 2.24) is 10.0 Å². The Bertz CT molecular complexity index is 367. The normalized spacial score (nSPS) is 33.2. The molecule has 2 fully saturated rings. The van der Waals surface area contributed by atoms with Crippen molar-refractivity contribution in [2.45, 2.75) is 62.3 Å². The Morgan fingerprint density at radius 2 is 1.89 bits per heavy atom. The van der Waals surface area contributed by atoms with Crippen molar-refractivity contribution in [3.05, 3.63) is 0 Å². The Kier molecular flexibility index (Phi) is 5.99. The third kappa shape index (κ3) is 4.92. The highest BCUT2D eigenvalue weighted by molar-refractivity contribution is 7.99. The molecule has 19 heavy (non-hydrogen) atoms. The minimum absolute atomic E-state index is 0.136. The minimum Gasteiger partial charge on any atom is -0.313 e. The maximum atomic E-state index is 12.3. The van der Waals surface area contributed by atoms with Crippen molar-refractivity contribution >= 4 is 21.8 Å². The van der Waals surface area contributed by atoms with Gasteiger partial charge in [-0.2, -0.15) is 11.8 Å². The summed E-state index contributed by atoms with van der Waals surface area (Å²) in [6, 6.07) is 0.278. The highest BCUT2D eigenvalue weighted by Gasteiger charge is 2.29. The molecule has 2 rings (SSSR count). The van der Waals surface area contributed by atoms with Crippen LogP contribution in [-0.2, 0) is 10.0 Å². The zero-order valence-electron chi connectivity index (χ0n) is 11.7. The van der Waals surface area contributed by atoms with Gasteiger partial charge in [-0.3, -0.25) is 0 Å². The largest absolute Gasteiger partial charge is 0.313 e. The number of hydrogen-bond donors (Lipinski definition) is 2. The molecule has 1 aliphatic heterocycles. The lowest BCUT2D eigenvalue weighted by Gasteiger charge is -2.31. The van der Waals surface area contributed by atoms with E-state index in [1.54, 1.807) is 11.8 Å². The quantitative estimate of drug-likeness (QED) is 0.812. The average molecular weight is 306 g/mol. The first kappa shape index (κ1) is 15.6. The van der Waals surface area contributed by atoms with Crippen LogP contribution in [0.2, 0.25) is 0 Å². The van der Waals surface area contributed by atoms with E-state index in [1.807, 2.05) is 0 Å². The van der Waals surface area contributed by atoms with Crippen LogP contribution in [0.5, 0.6) is 0 Å². The molecule has 2 aliphatic rings. The molecular weight excluding hydrogens is 280 g/mol. The Labute approximate surface area is 121 Å². The van der Waals surface area contributed by atoms with Gasteiger partial charge in [-0.1, -0.05) is 19.3 Å². The number of thioether (sulfide) groups is 1. The minimum atomic E-state index is -3.15. The van der Waals surface area contributed by atoms with Gasteiger partial charge in [-0.05, 0) is 38.5 Å². The number of rotatable bonds is 5. The molecule has 1 saturated carbocycles. The zero-order valence-corrected chi connectivity index (χ0v) is 13.4. The highest BCUT2D eigenvalue weighted by Crippen LogP contribution is 2.27. The molecule has 112 valence electrons. The molecule has 1 saturated heterocycles. The van der Waals surface area contributed by atoms with Gasteiger partial charge in [0, 0.05) is 17.3 Å². The molecule has 6 heteroatoms. The molecule has 0 radical (unpaired) electrons. The summed E-state index contributed by atoms with van der Waals surface area (Å²) in [5.74, 6) is 0.241. The van der Waals surface area contributed by atoms with Crippen LogP contribution in [0.15, 0.2) is 0 Å². The van der Waals surface area contributed by atoms with E-state index in [0.717, 1.165) is 38.6 Å². The molecule has 0 aromatic carbocycles. The van der Waals surface area contributed by atoms with Gasteiger partial charge < -0.3 is 5.32 Å². The molecule has 0 bridgehead atoms. The summed E-state index contributed by atoms with van der Waals surface area (Å²) >= 11 is 1.80. The molecule has 1 heterocycles. The van der Waals surface area contributed by atoms with Gasteiger partial charge in [0.1, 0.15) is 0 Å². The monoisotopic (exact) mass is 306 g/mol. The van der Waals surface area contributed by atoms with Gasteiger partial charge in [-0.15, -0.1) is 0 Å². The smallest absolute Gasteiger partial charge is 0.213 e. The second kappa shape index (κ2) is 7.29. The molecule has 1 aliphatic carbocycles. The summed E-state index contributed by atoms with van der Waals surface area (Å²) in [5, 5.41) is 3.76. The summed E-state index contributed by atoms with van der Waals surface area (Å²) < 4.78 is 27.5. The molecule has 4 nitrogen and oxygen atoms in total. The molecule has 3 atom stereocenters. The van der Waals surface area contributed by atoms with Crippen molar-refractivity contribution in [1.29, 1.82) is 0 Å².